The van der Waals surface area contributed by atoms with Crippen molar-refractivity contribution in [3.8, 4) is 0 Å². The number of halogens is 1. The first kappa shape index (κ1) is 24.2. The summed E-state index contributed by atoms with van der Waals surface area (Å²) in [6.07, 6.45) is 20.0. The number of hydrogen-bond acceptors (Lipinski definition) is 0. The molecule has 2 aliphatic rings. The predicted molar refractivity (Wildman–Crippen MR) is 60.8 cm³/mol. The van der Waals surface area contributed by atoms with Crippen LogP contribution in [0.2, 0.25) is 0 Å². The molecule has 0 amide bonds. The Bertz CT molecular complexity index is 161. The SMILES string of the molecule is C=C.[C-]1=CC=CC1.[C-]1=CC=CC1.[CH3-].[Cl-].[Zr+4]. The average Bonchev–Trinajstić information content (AvgIpc) is 2.87. The van der Waals surface area contributed by atoms with Gasteiger partial charge in [-0.2, -0.15) is 12.2 Å². The van der Waals surface area contributed by atoms with Crippen LogP contribution in [0.1, 0.15) is 12.8 Å². The molecule has 2 rings (SSSR count). The van der Waals surface area contributed by atoms with Crippen molar-refractivity contribution in [2.45, 2.75) is 12.8 Å². The molecule has 0 unspecified atom stereocenters. The molecule has 0 aromatic rings. The van der Waals surface area contributed by atoms with Gasteiger partial charge in [-0.3, -0.25) is 12.2 Å². The van der Waals surface area contributed by atoms with E-state index in [0.717, 1.165) is 12.8 Å². The quantitative estimate of drug-likeness (QED) is 0.460. The standard InChI is InChI=1S/2C5H5.C2H4.CH3.ClH.Zr/c2*1-2-4-5-3-1;1-2;;;/h2*1-3H,4H2;1-2H2;1H3;1H;/q2*-1;;-1;;+4/p-1. The van der Waals surface area contributed by atoms with Crippen LogP contribution in [0.4, 0.5) is 0 Å². The average molecular weight is 300 g/mol. The van der Waals surface area contributed by atoms with E-state index in [2.05, 4.69) is 37.5 Å². The molecule has 0 aliphatic heterocycles. The van der Waals surface area contributed by atoms with Crippen molar-refractivity contribution in [3.05, 3.63) is 69.2 Å². The van der Waals surface area contributed by atoms with E-state index in [1.165, 1.54) is 0 Å². The van der Waals surface area contributed by atoms with Gasteiger partial charge < -0.3 is 19.8 Å². The molecule has 0 heterocycles. The van der Waals surface area contributed by atoms with Crippen LogP contribution in [-0.4, -0.2) is 0 Å². The Balaban J connectivity index is -0.0000000592. The number of hydrogen-bond donors (Lipinski definition) is 0. The number of allylic oxidation sites excluding steroid dienone is 8. The smallest absolute Gasteiger partial charge is 1.00 e. The fourth-order valence-electron chi connectivity index (χ4n) is 0.680. The minimum atomic E-state index is 0. The van der Waals surface area contributed by atoms with Crippen LogP contribution in [0.5, 0.6) is 0 Å². The van der Waals surface area contributed by atoms with Gasteiger partial charge in [0.1, 0.15) is 0 Å². The first-order valence-electron chi connectivity index (χ1n) is 3.93. The van der Waals surface area contributed by atoms with Crippen LogP contribution >= 0.6 is 0 Å². The molecule has 2 heteroatoms. The molecule has 0 saturated heterocycles. The zero-order valence-corrected chi connectivity index (χ0v) is 12.4. The molecule has 0 radical (unpaired) electrons. The second-order valence-corrected chi connectivity index (χ2v) is 2.01. The summed E-state index contributed by atoms with van der Waals surface area (Å²) in [7, 11) is 0. The van der Waals surface area contributed by atoms with E-state index in [4.69, 9.17) is 0 Å². The van der Waals surface area contributed by atoms with Gasteiger partial charge in [0, 0.05) is 0 Å². The molecule has 0 nitrogen and oxygen atoms in total. The van der Waals surface area contributed by atoms with Gasteiger partial charge in [-0.1, -0.05) is 0 Å². The van der Waals surface area contributed by atoms with E-state index in [0.29, 0.717) is 0 Å². The van der Waals surface area contributed by atoms with E-state index in [9.17, 15) is 0 Å². The molecule has 0 bridgehead atoms. The van der Waals surface area contributed by atoms with Crippen molar-refractivity contribution in [1.82, 2.24) is 0 Å². The van der Waals surface area contributed by atoms with Gasteiger partial charge in [0.25, 0.3) is 0 Å². The van der Waals surface area contributed by atoms with Gasteiger partial charge in [0.05, 0.1) is 0 Å². The van der Waals surface area contributed by atoms with Crippen molar-refractivity contribution in [1.29, 1.82) is 0 Å². The Morgan fingerprint density at radius 3 is 1.27 bits per heavy atom. The first-order chi connectivity index (χ1) is 6.00. The van der Waals surface area contributed by atoms with Crippen molar-refractivity contribution in [2.24, 2.45) is 0 Å². The zero-order chi connectivity index (χ0) is 9.07. The van der Waals surface area contributed by atoms with Crippen LogP contribution < -0.4 is 12.4 Å². The van der Waals surface area contributed by atoms with Crippen LogP contribution in [0.3, 0.4) is 0 Å². The molecule has 0 aromatic carbocycles. The molecule has 0 saturated carbocycles. The molecular weight excluding hydrogens is 283 g/mol. The van der Waals surface area contributed by atoms with Crippen molar-refractivity contribution < 1.29 is 38.6 Å². The van der Waals surface area contributed by atoms with E-state index >= 15 is 0 Å². The maximum absolute atomic E-state index is 3.00. The summed E-state index contributed by atoms with van der Waals surface area (Å²) in [4.78, 5) is 0. The molecule has 0 spiro atoms. The zero-order valence-electron chi connectivity index (χ0n) is 9.17. The maximum Gasteiger partial charge on any atom is 4.00 e. The fraction of sp³-hybridized carbons (Fsp3) is 0.154. The summed E-state index contributed by atoms with van der Waals surface area (Å²) in [5.74, 6) is 0. The second kappa shape index (κ2) is 23.6. The van der Waals surface area contributed by atoms with E-state index in [-0.39, 0.29) is 46.0 Å². The normalized spacial score (nSPS) is 12.0. The summed E-state index contributed by atoms with van der Waals surface area (Å²) >= 11 is 0. The molecule has 0 atom stereocenters. The van der Waals surface area contributed by atoms with Crippen LogP contribution in [-0.2, 0) is 26.2 Å². The van der Waals surface area contributed by atoms with Crippen LogP contribution in [0.25, 0.3) is 0 Å². The van der Waals surface area contributed by atoms with E-state index < -0.39 is 0 Å². The largest absolute Gasteiger partial charge is 4.00 e. The van der Waals surface area contributed by atoms with E-state index in [1.54, 1.807) is 0 Å². The van der Waals surface area contributed by atoms with Crippen molar-refractivity contribution in [2.75, 3.05) is 0 Å². The molecule has 0 fully saturated rings. The topological polar surface area (TPSA) is 0 Å². The first-order valence-corrected chi connectivity index (χ1v) is 3.93. The monoisotopic (exact) mass is 298 g/mol. The molecule has 15 heavy (non-hydrogen) atoms. The van der Waals surface area contributed by atoms with Crippen molar-refractivity contribution >= 4 is 0 Å². The summed E-state index contributed by atoms with van der Waals surface area (Å²) in [5, 5.41) is 0. The maximum atomic E-state index is 3.00. The summed E-state index contributed by atoms with van der Waals surface area (Å²) in [5.41, 5.74) is 0. The van der Waals surface area contributed by atoms with Gasteiger partial charge in [0.2, 0.25) is 0 Å². The van der Waals surface area contributed by atoms with E-state index in [1.807, 2.05) is 24.3 Å². The van der Waals surface area contributed by atoms with Gasteiger partial charge in [-0.15, -0.1) is 26.0 Å². The second-order valence-electron chi connectivity index (χ2n) is 2.01. The Morgan fingerprint density at radius 1 is 0.867 bits per heavy atom. The Labute approximate surface area is 120 Å². The summed E-state index contributed by atoms with van der Waals surface area (Å²) in [6, 6.07) is 0. The van der Waals surface area contributed by atoms with Gasteiger partial charge >= 0.3 is 26.2 Å². The van der Waals surface area contributed by atoms with Crippen LogP contribution in [0, 0.1) is 19.6 Å². The third-order valence-electron chi connectivity index (χ3n) is 1.17. The van der Waals surface area contributed by atoms with Crippen molar-refractivity contribution in [3.63, 3.8) is 0 Å². The minimum Gasteiger partial charge on any atom is -1.00 e. The predicted octanol–water partition coefficient (Wildman–Crippen LogP) is 0.865. The van der Waals surface area contributed by atoms with Gasteiger partial charge in [-0.25, -0.2) is 24.3 Å². The van der Waals surface area contributed by atoms with Crippen LogP contribution in [0.15, 0.2) is 49.6 Å². The molecule has 80 valence electrons. The van der Waals surface area contributed by atoms with Gasteiger partial charge in [-0.05, 0) is 0 Å². The molecule has 0 N–H and O–H groups in total. The minimum absolute atomic E-state index is 0. The molecular formula is C13H17ClZr. The van der Waals surface area contributed by atoms with Gasteiger partial charge in [0.15, 0.2) is 0 Å². The molecule has 0 aromatic heterocycles. The third kappa shape index (κ3) is 20.1. The third-order valence-corrected chi connectivity index (χ3v) is 1.17. The fourth-order valence-corrected chi connectivity index (χ4v) is 0.680. The number of rotatable bonds is 0. The molecule has 2 aliphatic carbocycles. The summed E-state index contributed by atoms with van der Waals surface area (Å²) < 4.78 is 0. The Kier molecular flexibility index (Phi) is 38.1. The Morgan fingerprint density at radius 2 is 1.20 bits per heavy atom. The Hall–Kier alpha value is -0.127. The summed E-state index contributed by atoms with van der Waals surface area (Å²) in [6.45, 7) is 6.00.